The van der Waals surface area contributed by atoms with Crippen molar-refractivity contribution in [2.75, 3.05) is 6.61 Å². The number of carboxylic acids is 3. The predicted octanol–water partition coefficient (Wildman–Crippen LogP) is 4.27. The Morgan fingerprint density at radius 2 is 1.32 bits per heavy atom. The average Bonchev–Trinajstić information content (AvgIpc) is 2.81. The van der Waals surface area contributed by atoms with Crippen LogP contribution in [0.5, 0.6) is 5.75 Å². The molecule has 1 aromatic rings. The zero-order valence-corrected chi connectivity index (χ0v) is 22.3. The number of benzene rings is 1. The quantitative estimate of drug-likeness (QED) is 0.156. The van der Waals surface area contributed by atoms with Crippen molar-refractivity contribution >= 4 is 29.8 Å². The van der Waals surface area contributed by atoms with E-state index in [-0.39, 0.29) is 42.0 Å². The summed E-state index contributed by atoms with van der Waals surface area (Å²) < 4.78 is 10.8. The van der Waals surface area contributed by atoms with Gasteiger partial charge in [-0.25, -0.2) is 14.4 Å². The molecule has 38 heavy (non-hydrogen) atoms. The predicted molar refractivity (Wildman–Crippen MR) is 137 cm³/mol. The zero-order valence-electron chi connectivity index (χ0n) is 22.3. The first-order chi connectivity index (χ1) is 17.8. The average molecular weight is 538 g/mol. The fraction of sp³-hybridized carbons (Fsp3) is 0.593. The van der Waals surface area contributed by atoms with E-state index in [0.29, 0.717) is 13.0 Å². The first-order valence-electron chi connectivity index (χ1n) is 12.8. The first-order valence-corrected chi connectivity index (χ1v) is 12.8. The van der Waals surface area contributed by atoms with E-state index in [1.165, 1.54) is 12.1 Å². The number of hydrogen-bond donors (Lipinski definition) is 4. The second kappa shape index (κ2) is 16.3. The molecule has 0 saturated heterocycles. The lowest BCUT2D eigenvalue weighted by Gasteiger charge is -2.24. The second-order valence-electron chi connectivity index (χ2n) is 10.0. The van der Waals surface area contributed by atoms with Crippen LogP contribution >= 0.6 is 0 Å². The molecule has 1 atom stereocenters. The highest BCUT2D eigenvalue weighted by Crippen LogP contribution is 2.19. The van der Waals surface area contributed by atoms with Crippen LogP contribution in [0.3, 0.4) is 0 Å². The molecule has 0 unspecified atom stereocenters. The van der Waals surface area contributed by atoms with Crippen molar-refractivity contribution in [3.8, 4) is 5.75 Å². The van der Waals surface area contributed by atoms with Crippen LogP contribution in [-0.4, -0.2) is 63.4 Å². The molecule has 1 rings (SSSR count). The molecule has 212 valence electrons. The number of aromatic carboxylic acids is 2. The topological polar surface area (TPSA) is 177 Å². The molecule has 1 amide bonds. The molecular weight excluding hydrogens is 498 g/mol. The molecule has 11 nitrogen and oxygen atoms in total. The van der Waals surface area contributed by atoms with Crippen molar-refractivity contribution in [1.29, 1.82) is 0 Å². The highest BCUT2D eigenvalue weighted by molar-refractivity contribution is 5.94. The molecule has 0 radical (unpaired) electrons. The summed E-state index contributed by atoms with van der Waals surface area (Å²) in [6.45, 7) is 5.43. The normalized spacial score (nSPS) is 11.9. The Hall–Kier alpha value is -3.63. The minimum atomic E-state index is -1.23. The Morgan fingerprint density at radius 1 is 0.789 bits per heavy atom. The number of unbranched alkanes of at least 4 members (excludes halogenated alkanes) is 6. The van der Waals surface area contributed by atoms with Gasteiger partial charge in [0, 0.05) is 12.8 Å². The monoisotopic (exact) mass is 537 g/mol. The lowest BCUT2D eigenvalue weighted by Crippen LogP contribution is -2.44. The molecule has 0 aliphatic carbocycles. The van der Waals surface area contributed by atoms with E-state index < -0.39 is 35.5 Å². The second-order valence-corrected chi connectivity index (χ2v) is 10.0. The van der Waals surface area contributed by atoms with Gasteiger partial charge >= 0.3 is 23.9 Å². The summed E-state index contributed by atoms with van der Waals surface area (Å²) in [5, 5.41) is 29.7. The van der Waals surface area contributed by atoms with Crippen LogP contribution in [0, 0.1) is 0 Å². The molecule has 0 bridgehead atoms. The molecule has 11 heteroatoms. The number of aliphatic carboxylic acids is 1. The van der Waals surface area contributed by atoms with E-state index in [2.05, 4.69) is 5.32 Å². The van der Waals surface area contributed by atoms with Crippen molar-refractivity contribution in [3.63, 3.8) is 0 Å². The smallest absolute Gasteiger partial charge is 0.335 e. The van der Waals surface area contributed by atoms with Gasteiger partial charge in [-0.05, 0) is 58.2 Å². The number of carboxylic acid groups (broad SMARTS) is 3. The van der Waals surface area contributed by atoms with Crippen LogP contribution < -0.4 is 10.1 Å². The summed E-state index contributed by atoms with van der Waals surface area (Å²) in [5.41, 5.74) is -1.03. The van der Waals surface area contributed by atoms with Crippen molar-refractivity contribution in [1.82, 2.24) is 5.32 Å². The van der Waals surface area contributed by atoms with Gasteiger partial charge in [-0.3, -0.25) is 9.59 Å². The summed E-state index contributed by atoms with van der Waals surface area (Å²) in [6.07, 6.45) is 5.84. The maximum absolute atomic E-state index is 12.3. The number of carbonyl (C=O) groups excluding carboxylic acids is 2. The SMILES string of the molecule is CC(C)(C)OC(=O)[C@H](CCC(=O)O)NC(=O)CCCCCCCCCOc1cc(C(=O)O)cc(C(=O)O)c1. The molecule has 0 heterocycles. The summed E-state index contributed by atoms with van der Waals surface area (Å²) in [6, 6.07) is 2.68. The fourth-order valence-corrected chi connectivity index (χ4v) is 3.55. The van der Waals surface area contributed by atoms with Gasteiger partial charge in [0.1, 0.15) is 17.4 Å². The van der Waals surface area contributed by atoms with E-state index in [4.69, 9.17) is 24.8 Å². The third-order valence-electron chi connectivity index (χ3n) is 5.39. The van der Waals surface area contributed by atoms with Gasteiger partial charge in [-0.1, -0.05) is 32.1 Å². The molecule has 1 aromatic carbocycles. The number of carbonyl (C=O) groups is 5. The Kier molecular flexibility index (Phi) is 13.9. The number of ether oxygens (including phenoxy) is 2. The lowest BCUT2D eigenvalue weighted by molar-refractivity contribution is -0.159. The highest BCUT2D eigenvalue weighted by atomic mass is 16.6. The number of esters is 1. The number of hydrogen-bond acceptors (Lipinski definition) is 7. The molecule has 0 aromatic heterocycles. The van der Waals surface area contributed by atoms with E-state index in [0.717, 1.165) is 44.6 Å². The molecule has 0 aliphatic rings. The summed E-state index contributed by atoms with van der Waals surface area (Å²) in [5.74, 6) is -4.26. The minimum absolute atomic E-state index is 0.0363. The van der Waals surface area contributed by atoms with Gasteiger partial charge < -0.3 is 30.1 Å². The van der Waals surface area contributed by atoms with Gasteiger partial charge in [0.2, 0.25) is 5.91 Å². The third-order valence-corrected chi connectivity index (χ3v) is 5.39. The Morgan fingerprint density at radius 3 is 1.82 bits per heavy atom. The van der Waals surface area contributed by atoms with Crippen LogP contribution in [0.25, 0.3) is 0 Å². The van der Waals surface area contributed by atoms with Gasteiger partial charge in [-0.15, -0.1) is 0 Å². The van der Waals surface area contributed by atoms with Gasteiger partial charge in [0.05, 0.1) is 17.7 Å². The van der Waals surface area contributed by atoms with Crippen LogP contribution in [0.1, 0.15) is 106 Å². The van der Waals surface area contributed by atoms with E-state index >= 15 is 0 Å². The van der Waals surface area contributed by atoms with Crippen molar-refractivity contribution < 1.29 is 48.8 Å². The van der Waals surface area contributed by atoms with E-state index in [1.54, 1.807) is 20.8 Å². The maximum Gasteiger partial charge on any atom is 0.335 e. The standard InChI is InChI=1S/C27H39NO10/c1-27(2,3)38-26(36)21(12-13-23(30)31)28-22(29)11-9-7-5-4-6-8-10-14-37-20-16-18(24(32)33)15-19(17-20)25(34)35/h15-17,21H,4-14H2,1-3H3,(H,28,29)(H,30,31)(H,32,33)(H,34,35)/t21-/m0/s1. The lowest BCUT2D eigenvalue weighted by atomic mass is 10.1. The zero-order chi connectivity index (χ0) is 28.7. The summed E-state index contributed by atoms with van der Waals surface area (Å²) in [4.78, 5) is 57.7. The summed E-state index contributed by atoms with van der Waals surface area (Å²) >= 11 is 0. The Bertz CT molecular complexity index is 935. The number of rotatable bonds is 18. The number of nitrogens with one attached hydrogen (secondary N) is 1. The third kappa shape index (κ3) is 14.2. The van der Waals surface area contributed by atoms with E-state index in [1.807, 2.05) is 0 Å². The largest absolute Gasteiger partial charge is 0.494 e. The van der Waals surface area contributed by atoms with Crippen molar-refractivity contribution in [2.45, 2.75) is 96.6 Å². The van der Waals surface area contributed by atoms with Gasteiger partial charge in [0.25, 0.3) is 0 Å². The summed E-state index contributed by atoms with van der Waals surface area (Å²) in [7, 11) is 0. The maximum atomic E-state index is 12.3. The minimum Gasteiger partial charge on any atom is -0.494 e. The van der Waals surface area contributed by atoms with Crippen LogP contribution in [0.4, 0.5) is 0 Å². The van der Waals surface area contributed by atoms with Gasteiger partial charge in [-0.2, -0.15) is 0 Å². The van der Waals surface area contributed by atoms with Crippen LogP contribution in [0.15, 0.2) is 18.2 Å². The highest BCUT2D eigenvalue weighted by Gasteiger charge is 2.27. The van der Waals surface area contributed by atoms with Crippen LogP contribution in [0.2, 0.25) is 0 Å². The van der Waals surface area contributed by atoms with Crippen molar-refractivity contribution in [2.24, 2.45) is 0 Å². The van der Waals surface area contributed by atoms with Gasteiger partial charge in [0.15, 0.2) is 0 Å². The Labute approximate surface area is 222 Å². The first kappa shape index (κ1) is 32.4. The molecule has 0 aliphatic heterocycles. The number of amides is 1. The van der Waals surface area contributed by atoms with Crippen molar-refractivity contribution in [3.05, 3.63) is 29.3 Å². The molecule has 0 fully saturated rings. The fourth-order valence-electron chi connectivity index (χ4n) is 3.55. The van der Waals surface area contributed by atoms with Crippen LogP contribution in [-0.2, 0) is 19.1 Å². The molecule has 0 saturated carbocycles. The molecule has 0 spiro atoms. The van der Waals surface area contributed by atoms with E-state index in [9.17, 15) is 24.0 Å². The Balaban J connectivity index is 2.25. The molecule has 4 N–H and O–H groups in total. The molecular formula is C27H39NO10.